The standard InChI is InChI=1S/C25H22F2N6OS/c1-16(25(34,13-33-15-29-14-30-33)20-6-5-19(26)10-21(20)27)32-8-7-22-23(12-32)35-24(31-22)18-4-2-3-17(9-18)11-28/h2-6,9-10,14-16,34H,7-8,12-13H2,1H3/t16-,25-/m1/s1. The van der Waals surface area contributed by atoms with E-state index in [0.717, 1.165) is 33.3 Å². The van der Waals surface area contributed by atoms with Crippen LogP contribution >= 0.6 is 11.3 Å². The van der Waals surface area contributed by atoms with Crippen molar-refractivity contribution in [3.63, 3.8) is 0 Å². The van der Waals surface area contributed by atoms with Gasteiger partial charge in [0.1, 0.15) is 34.9 Å². The fraction of sp³-hybridized carbons (Fsp3) is 0.280. The van der Waals surface area contributed by atoms with Gasteiger partial charge in [-0.15, -0.1) is 11.3 Å². The van der Waals surface area contributed by atoms with E-state index in [4.69, 9.17) is 4.98 Å². The Morgan fingerprint density at radius 2 is 2.11 bits per heavy atom. The molecule has 1 aliphatic rings. The maximum Gasteiger partial charge on any atom is 0.137 e. The van der Waals surface area contributed by atoms with Gasteiger partial charge in [0.15, 0.2) is 0 Å². The zero-order valence-corrected chi connectivity index (χ0v) is 19.7. The first-order chi connectivity index (χ1) is 16.9. The van der Waals surface area contributed by atoms with Crippen molar-refractivity contribution in [2.45, 2.75) is 38.1 Å². The molecule has 0 spiro atoms. The minimum absolute atomic E-state index is 0.00556. The van der Waals surface area contributed by atoms with E-state index >= 15 is 0 Å². The van der Waals surface area contributed by atoms with Gasteiger partial charge in [0.05, 0.1) is 23.9 Å². The first-order valence-electron chi connectivity index (χ1n) is 11.1. The Morgan fingerprint density at radius 3 is 2.86 bits per heavy atom. The predicted octanol–water partition coefficient (Wildman–Crippen LogP) is 3.89. The third kappa shape index (κ3) is 4.46. The molecular formula is C25H22F2N6OS. The van der Waals surface area contributed by atoms with E-state index in [1.165, 1.54) is 23.4 Å². The van der Waals surface area contributed by atoms with Crippen molar-refractivity contribution in [3.05, 3.63) is 88.5 Å². The normalized spacial score (nSPS) is 16.3. The average Bonchev–Trinajstić information content (AvgIpc) is 3.52. The Labute approximate surface area is 204 Å². The molecule has 0 saturated heterocycles. The fourth-order valence-corrected chi connectivity index (χ4v) is 5.67. The summed E-state index contributed by atoms with van der Waals surface area (Å²) in [7, 11) is 0. The van der Waals surface area contributed by atoms with Crippen LogP contribution < -0.4 is 0 Å². The lowest BCUT2D eigenvalue weighted by Crippen LogP contribution is -2.53. The largest absolute Gasteiger partial charge is 0.381 e. The SMILES string of the molecule is C[C@@H](N1CCc2nc(-c3cccc(C#N)c3)sc2C1)[C@](O)(Cn1cncn1)c1ccc(F)cc1F. The van der Waals surface area contributed by atoms with Gasteiger partial charge in [-0.05, 0) is 25.1 Å². The van der Waals surface area contributed by atoms with Crippen LogP contribution in [0.3, 0.4) is 0 Å². The maximum absolute atomic E-state index is 14.9. The van der Waals surface area contributed by atoms with Crippen molar-refractivity contribution < 1.29 is 13.9 Å². The van der Waals surface area contributed by atoms with Crippen LogP contribution in [0, 0.1) is 23.0 Å². The molecule has 1 aliphatic heterocycles. The van der Waals surface area contributed by atoms with Crippen molar-refractivity contribution in [2.75, 3.05) is 6.54 Å². The molecular weight excluding hydrogens is 470 g/mol. The van der Waals surface area contributed by atoms with Crippen LogP contribution in [0.4, 0.5) is 8.78 Å². The number of hydrogen-bond acceptors (Lipinski definition) is 7. The van der Waals surface area contributed by atoms with Crippen molar-refractivity contribution in [3.8, 4) is 16.6 Å². The highest BCUT2D eigenvalue weighted by atomic mass is 32.1. The second-order valence-corrected chi connectivity index (χ2v) is 9.70. The van der Waals surface area contributed by atoms with Gasteiger partial charge in [0.25, 0.3) is 0 Å². The highest BCUT2D eigenvalue weighted by Crippen LogP contribution is 2.37. The summed E-state index contributed by atoms with van der Waals surface area (Å²) in [5, 5.41) is 26.0. The van der Waals surface area contributed by atoms with Crippen LogP contribution in [0.15, 0.2) is 55.1 Å². The summed E-state index contributed by atoms with van der Waals surface area (Å²) >= 11 is 1.55. The van der Waals surface area contributed by atoms with Gasteiger partial charge < -0.3 is 5.11 Å². The van der Waals surface area contributed by atoms with Gasteiger partial charge in [-0.25, -0.2) is 23.4 Å². The predicted molar refractivity (Wildman–Crippen MR) is 126 cm³/mol. The second-order valence-electron chi connectivity index (χ2n) is 8.62. The number of nitriles is 1. The number of thiazole rings is 1. The second kappa shape index (κ2) is 9.26. The molecule has 178 valence electrons. The molecule has 10 heteroatoms. The van der Waals surface area contributed by atoms with Gasteiger partial charge in [-0.2, -0.15) is 10.4 Å². The minimum Gasteiger partial charge on any atom is -0.381 e. The third-order valence-corrected chi connectivity index (χ3v) is 7.64. The molecule has 3 heterocycles. The highest BCUT2D eigenvalue weighted by Gasteiger charge is 2.43. The minimum atomic E-state index is -1.70. The van der Waals surface area contributed by atoms with Gasteiger partial charge >= 0.3 is 0 Å². The van der Waals surface area contributed by atoms with Crippen LogP contribution in [0.2, 0.25) is 0 Å². The number of aliphatic hydroxyl groups is 1. The Hall–Kier alpha value is -3.52. The van der Waals surface area contributed by atoms with Gasteiger partial charge in [-0.3, -0.25) is 4.90 Å². The van der Waals surface area contributed by atoms with E-state index in [1.807, 2.05) is 25.1 Å². The van der Waals surface area contributed by atoms with Crippen LogP contribution in [0.5, 0.6) is 0 Å². The van der Waals surface area contributed by atoms with E-state index in [1.54, 1.807) is 17.4 Å². The van der Waals surface area contributed by atoms with E-state index < -0.39 is 23.3 Å². The topological polar surface area (TPSA) is 90.9 Å². The summed E-state index contributed by atoms with van der Waals surface area (Å²) in [5.74, 6) is -1.52. The van der Waals surface area contributed by atoms with Gasteiger partial charge in [0, 0.05) is 47.6 Å². The molecule has 2 atom stereocenters. The van der Waals surface area contributed by atoms with E-state index in [0.29, 0.717) is 25.1 Å². The molecule has 4 aromatic rings. The van der Waals surface area contributed by atoms with Gasteiger partial charge in [-0.1, -0.05) is 18.2 Å². The molecule has 5 rings (SSSR count). The fourth-order valence-electron chi connectivity index (χ4n) is 4.54. The number of aromatic nitrogens is 4. The number of fused-ring (bicyclic) bond motifs is 1. The van der Waals surface area contributed by atoms with Crippen LogP contribution in [0.1, 0.15) is 28.6 Å². The summed E-state index contributed by atoms with van der Waals surface area (Å²) in [4.78, 5) is 11.9. The molecule has 0 saturated carbocycles. The summed E-state index contributed by atoms with van der Waals surface area (Å²) in [6, 6.07) is 12.2. The number of benzene rings is 2. The van der Waals surface area contributed by atoms with E-state index in [2.05, 4.69) is 21.1 Å². The number of rotatable bonds is 6. The lowest BCUT2D eigenvalue weighted by atomic mass is 9.85. The lowest BCUT2D eigenvalue weighted by molar-refractivity contribution is -0.0675. The molecule has 0 bridgehead atoms. The molecule has 7 nitrogen and oxygen atoms in total. The monoisotopic (exact) mass is 492 g/mol. The van der Waals surface area contributed by atoms with Crippen LogP contribution in [-0.2, 0) is 25.1 Å². The number of halogens is 2. The third-order valence-electron chi connectivity index (χ3n) is 6.51. The van der Waals surface area contributed by atoms with Crippen molar-refractivity contribution in [1.29, 1.82) is 5.26 Å². The number of hydrogen-bond donors (Lipinski definition) is 1. The molecule has 0 fully saturated rings. The Bertz CT molecular complexity index is 1400. The van der Waals surface area contributed by atoms with Crippen molar-refractivity contribution >= 4 is 11.3 Å². The summed E-state index contributed by atoms with van der Waals surface area (Å²) in [6.07, 6.45) is 3.47. The Morgan fingerprint density at radius 1 is 1.26 bits per heavy atom. The molecule has 0 aliphatic carbocycles. The molecule has 0 amide bonds. The van der Waals surface area contributed by atoms with Crippen molar-refractivity contribution in [2.24, 2.45) is 0 Å². The quantitative estimate of drug-likeness (QED) is 0.439. The van der Waals surface area contributed by atoms with Crippen LogP contribution in [-0.4, -0.2) is 42.3 Å². The molecule has 35 heavy (non-hydrogen) atoms. The Balaban J connectivity index is 1.46. The molecule has 0 radical (unpaired) electrons. The average molecular weight is 493 g/mol. The van der Waals surface area contributed by atoms with Gasteiger partial charge in [0.2, 0.25) is 0 Å². The molecule has 2 aromatic carbocycles. The smallest absolute Gasteiger partial charge is 0.137 e. The van der Waals surface area contributed by atoms with E-state index in [9.17, 15) is 19.1 Å². The zero-order valence-electron chi connectivity index (χ0n) is 18.9. The summed E-state index contributed by atoms with van der Waals surface area (Å²) in [5.41, 5.74) is 0.761. The zero-order chi connectivity index (χ0) is 24.6. The van der Waals surface area contributed by atoms with Crippen LogP contribution in [0.25, 0.3) is 10.6 Å². The number of nitrogens with zero attached hydrogens (tertiary/aromatic N) is 6. The maximum atomic E-state index is 14.9. The first kappa shape index (κ1) is 23.2. The first-order valence-corrected chi connectivity index (χ1v) is 11.9. The summed E-state index contributed by atoms with van der Waals surface area (Å²) < 4.78 is 30.0. The van der Waals surface area contributed by atoms with Crippen molar-refractivity contribution in [1.82, 2.24) is 24.6 Å². The highest BCUT2D eigenvalue weighted by molar-refractivity contribution is 7.15. The lowest BCUT2D eigenvalue weighted by Gasteiger charge is -2.42. The Kier molecular flexibility index (Phi) is 6.15. The summed E-state index contributed by atoms with van der Waals surface area (Å²) in [6.45, 7) is 2.92. The molecule has 1 N–H and O–H groups in total. The van der Waals surface area contributed by atoms with E-state index in [-0.39, 0.29) is 12.1 Å². The molecule has 2 aromatic heterocycles. The molecule has 0 unspecified atom stereocenters.